The normalized spacial score (nSPS) is 11.0. The van der Waals surface area contributed by atoms with Gasteiger partial charge in [0, 0.05) is 11.6 Å². The molecule has 2 aromatic carbocycles. The molecule has 7 heteroatoms. The van der Waals surface area contributed by atoms with E-state index in [-0.39, 0.29) is 18.4 Å². The van der Waals surface area contributed by atoms with Crippen LogP contribution in [0.1, 0.15) is 19.9 Å². The molecule has 2 aromatic heterocycles. The summed E-state index contributed by atoms with van der Waals surface area (Å²) in [6.45, 7) is 8.30. The molecule has 0 amide bonds. The van der Waals surface area contributed by atoms with Gasteiger partial charge >= 0.3 is 0 Å². The fourth-order valence-corrected chi connectivity index (χ4v) is 3.17. The van der Waals surface area contributed by atoms with E-state index in [2.05, 4.69) is 42.5 Å². The van der Waals surface area contributed by atoms with Gasteiger partial charge in [0.2, 0.25) is 0 Å². The number of halogens is 1. The molecule has 0 bridgehead atoms. The van der Waals surface area contributed by atoms with Crippen LogP contribution in [0.25, 0.3) is 33.1 Å². The first-order valence-corrected chi connectivity index (χ1v) is 8.85. The lowest BCUT2D eigenvalue weighted by Gasteiger charge is -2.07. The van der Waals surface area contributed by atoms with Crippen molar-refractivity contribution in [3.8, 4) is 17.0 Å². The van der Waals surface area contributed by atoms with Gasteiger partial charge in [-0.3, -0.25) is 0 Å². The molecule has 0 aliphatic carbocycles. The number of ether oxygens (including phenoxy) is 1. The number of aromatic nitrogens is 4. The van der Waals surface area contributed by atoms with Crippen LogP contribution in [0.15, 0.2) is 55.4 Å². The first-order chi connectivity index (χ1) is 13.1. The minimum Gasteiger partial charge on any atom is -0.490 e. The predicted octanol–water partition coefficient (Wildman–Crippen LogP) is 4.80. The van der Waals surface area contributed by atoms with Crippen molar-refractivity contribution in [2.45, 2.75) is 19.9 Å². The molecule has 0 spiro atoms. The molecular formula is C21H22ClN5O. The number of nitrogen functional groups attached to an aromatic ring is 1. The van der Waals surface area contributed by atoms with Gasteiger partial charge in [-0.05, 0) is 42.8 Å². The summed E-state index contributed by atoms with van der Waals surface area (Å²) in [6.07, 6.45) is 3.21. The molecule has 144 valence electrons. The summed E-state index contributed by atoms with van der Waals surface area (Å²) in [4.78, 5) is 8.55. The smallest absolute Gasteiger partial charge is 0.164 e. The Kier molecular flexibility index (Phi) is 5.51. The van der Waals surface area contributed by atoms with Crippen LogP contribution in [0.5, 0.6) is 5.75 Å². The third-order valence-corrected chi connectivity index (χ3v) is 4.46. The molecule has 4 aromatic rings. The third kappa shape index (κ3) is 3.39. The van der Waals surface area contributed by atoms with E-state index in [0.717, 1.165) is 38.8 Å². The molecule has 0 unspecified atom stereocenters. The van der Waals surface area contributed by atoms with Crippen LogP contribution in [-0.4, -0.2) is 26.4 Å². The topological polar surface area (TPSA) is 78.8 Å². The second-order valence-corrected chi connectivity index (χ2v) is 6.67. The zero-order valence-corrected chi connectivity index (χ0v) is 16.6. The van der Waals surface area contributed by atoms with Gasteiger partial charge in [0.05, 0.1) is 5.39 Å². The van der Waals surface area contributed by atoms with E-state index < -0.39 is 0 Å². The molecule has 0 saturated carbocycles. The fraction of sp³-hybridized carbons (Fsp3) is 0.190. The van der Waals surface area contributed by atoms with Crippen LogP contribution in [0.2, 0.25) is 0 Å². The Morgan fingerprint density at radius 2 is 1.89 bits per heavy atom. The van der Waals surface area contributed by atoms with Crippen molar-refractivity contribution in [1.82, 2.24) is 19.7 Å². The molecule has 0 fully saturated rings. The Morgan fingerprint density at radius 1 is 1.14 bits per heavy atom. The highest BCUT2D eigenvalue weighted by Crippen LogP contribution is 2.33. The second kappa shape index (κ2) is 7.86. The van der Waals surface area contributed by atoms with E-state index >= 15 is 0 Å². The maximum absolute atomic E-state index is 6.16. The summed E-state index contributed by atoms with van der Waals surface area (Å²) in [5, 5.41) is 7.76. The molecule has 4 rings (SSSR count). The number of rotatable bonds is 5. The number of anilines is 1. The third-order valence-electron chi connectivity index (χ3n) is 4.46. The van der Waals surface area contributed by atoms with Crippen LogP contribution in [0.3, 0.4) is 0 Å². The first-order valence-electron chi connectivity index (χ1n) is 8.85. The van der Waals surface area contributed by atoms with Gasteiger partial charge in [0.25, 0.3) is 0 Å². The lowest BCUT2D eigenvalue weighted by molar-refractivity contribution is 0.364. The highest BCUT2D eigenvalue weighted by molar-refractivity contribution is 6.00. The average Bonchev–Trinajstić information content (AvgIpc) is 3.07. The summed E-state index contributed by atoms with van der Waals surface area (Å²) in [5.74, 6) is 1.26. The average molecular weight is 396 g/mol. The summed E-state index contributed by atoms with van der Waals surface area (Å²) in [7, 11) is 0. The Balaban J connectivity index is 0.00000225. The molecule has 0 aliphatic heterocycles. The number of hydrogen-bond donors (Lipinski definition) is 1. The fourth-order valence-electron chi connectivity index (χ4n) is 3.17. The molecule has 0 radical (unpaired) electrons. The molecule has 0 atom stereocenters. The van der Waals surface area contributed by atoms with Gasteiger partial charge in [-0.1, -0.05) is 30.9 Å². The quantitative estimate of drug-likeness (QED) is 0.491. The minimum atomic E-state index is 0. The highest BCUT2D eigenvalue weighted by atomic mass is 35.5. The first kappa shape index (κ1) is 19.6. The highest BCUT2D eigenvalue weighted by Gasteiger charge is 2.18. The SMILES string of the molecule is C=CCOc1ccc2cc(-c3nn(C(C)C)c4ncnc(N)c34)ccc2c1.Cl. The predicted molar refractivity (Wildman–Crippen MR) is 116 cm³/mol. The van der Waals surface area contributed by atoms with E-state index in [9.17, 15) is 0 Å². The zero-order chi connectivity index (χ0) is 19.0. The van der Waals surface area contributed by atoms with Gasteiger partial charge in [-0.15, -0.1) is 12.4 Å². The van der Waals surface area contributed by atoms with Crippen molar-refractivity contribution in [1.29, 1.82) is 0 Å². The number of nitrogens with two attached hydrogens (primary N) is 1. The zero-order valence-electron chi connectivity index (χ0n) is 15.8. The van der Waals surface area contributed by atoms with Gasteiger partial charge in [-0.2, -0.15) is 5.10 Å². The van der Waals surface area contributed by atoms with Gasteiger partial charge in [0.15, 0.2) is 5.65 Å². The van der Waals surface area contributed by atoms with Gasteiger partial charge in [-0.25, -0.2) is 14.6 Å². The minimum absolute atomic E-state index is 0. The second-order valence-electron chi connectivity index (χ2n) is 6.67. The molecule has 0 aliphatic rings. The maximum atomic E-state index is 6.16. The Hall–Kier alpha value is -3.12. The summed E-state index contributed by atoms with van der Waals surface area (Å²) in [6, 6.07) is 12.4. The molecule has 0 saturated heterocycles. The number of fused-ring (bicyclic) bond motifs is 2. The van der Waals surface area contributed by atoms with E-state index in [4.69, 9.17) is 15.6 Å². The van der Waals surface area contributed by atoms with Gasteiger partial charge < -0.3 is 10.5 Å². The summed E-state index contributed by atoms with van der Waals surface area (Å²) < 4.78 is 7.50. The molecule has 2 N–H and O–H groups in total. The molecule has 6 nitrogen and oxygen atoms in total. The maximum Gasteiger partial charge on any atom is 0.164 e. The van der Waals surface area contributed by atoms with E-state index in [0.29, 0.717) is 12.4 Å². The van der Waals surface area contributed by atoms with Crippen LogP contribution < -0.4 is 10.5 Å². The standard InChI is InChI=1S/C21H21N5O.ClH/c1-4-9-27-17-8-7-14-10-16(6-5-15(14)11-17)19-18-20(22)23-12-24-21(18)26(25-19)13(2)3;/h4-8,10-13H,1,9H2,2-3H3,(H2,22,23,24);1H. The van der Waals surface area contributed by atoms with Crippen LogP contribution >= 0.6 is 12.4 Å². The summed E-state index contributed by atoms with van der Waals surface area (Å²) >= 11 is 0. The number of benzene rings is 2. The molecule has 2 heterocycles. The Labute approximate surface area is 169 Å². The Morgan fingerprint density at radius 3 is 2.64 bits per heavy atom. The van der Waals surface area contributed by atoms with E-state index in [1.165, 1.54) is 6.33 Å². The van der Waals surface area contributed by atoms with Crippen molar-refractivity contribution < 1.29 is 4.74 Å². The summed E-state index contributed by atoms with van der Waals surface area (Å²) in [5.41, 5.74) is 8.69. The molecular weight excluding hydrogens is 374 g/mol. The lowest BCUT2D eigenvalue weighted by Crippen LogP contribution is -2.04. The molecule has 28 heavy (non-hydrogen) atoms. The lowest BCUT2D eigenvalue weighted by atomic mass is 10.0. The van der Waals surface area contributed by atoms with Gasteiger partial charge in [0.1, 0.15) is 30.2 Å². The van der Waals surface area contributed by atoms with Crippen molar-refractivity contribution in [2.75, 3.05) is 12.3 Å². The van der Waals surface area contributed by atoms with Crippen LogP contribution in [0, 0.1) is 0 Å². The monoisotopic (exact) mass is 395 g/mol. The van der Waals surface area contributed by atoms with Crippen molar-refractivity contribution in [2.24, 2.45) is 0 Å². The number of hydrogen-bond acceptors (Lipinski definition) is 5. The van der Waals surface area contributed by atoms with Crippen LogP contribution in [-0.2, 0) is 0 Å². The van der Waals surface area contributed by atoms with E-state index in [1.807, 2.05) is 28.9 Å². The van der Waals surface area contributed by atoms with Crippen molar-refractivity contribution >= 4 is 40.0 Å². The Bertz CT molecular complexity index is 1150. The van der Waals surface area contributed by atoms with E-state index in [1.54, 1.807) is 6.08 Å². The van der Waals surface area contributed by atoms with Crippen molar-refractivity contribution in [3.05, 3.63) is 55.4 Å². The van der Waals surface area contributed by atoms with Crippen molar-refractivity contribution in [3.63, 3.8) is 0 Å². The largest absolute Gasteiger partial charge is 0.490 e. The van der Waals surface area contributed by atoms with Crippen LogP contribution in [0.4, 0.5) is 5.82 Å². The number of nitrogens with zero attached hydrogens (tertiary/aromatic N) is 4.